The van der Waals surface area contributed by atoms with Crippen LogP contribution in [0.15, 0.2) is 0 Å². The van der Waals surface area contributed by atoms with Crippen LogP contribution in [0.3, 0.4) is 0 Å². The summed E-state index contributed by atoms with van der Waals surface area (Å²) < 4.78 is 42.9. The van der Waals surface area contributed by atoms with Gasteiger partial charge in [0.15, 0.2) is 12.6 Å². The molecule has 4 rings (SSSR count). The fraction of sp³-hybridized carbons (Fsp3) is 0.952. The van der Waals surface area contributed by atoms with Crippen molar-refractivity contribution in [3.63, 3.8) is 0 Å². The van der Waals surface area contributed by atoms with Gasteiger partial charge in [-0.2, -0.15) is 0 Å². The van der Waals surface area contributed by atoms with Gasteiger partial charge < -0.3 is 38.1 Å². The van der Waals surface area contributed by atoms with Crippen molar-refractivity contribution in [1.82, 2.24) is 4.90 Å². The molecular weight excluding hydrogens is 919 g/mol. The number of hydrogen-bond acceptors (Lipinski definition) is 11. The highest BCUT2D eigenvalue weighted by Gasteiger charge is 2.65. The monoisotopic (exact) mass is 1030 g/mol. The zero-order valence-corrected chi connectivity index (χ0v) is 48.7. The molecule has 4 aliphatic carbocycles. The Morgan fingerprint density at radius 1 is 0.452 bits per heavy atom. The van der Waals surface area contributed by atoms with Crippen LogP contribution in [-0.2, 0) is 47.5 Å². The molecule has 4 saturated carbocycles. The molecule has 0 radical (unpaired) electrons. The average Bonchev–Trinajstić information content (AvgIpc) is 3.38. The Hall–Kier alpha value is -1.79. The number of unbranched alkanes of at least 4 members (excludes halogenated alkanes) is 16. The molecule has 0 amide bonds. The summed E-state index contributed by atoms with van der Waals surface area (Å²) in [5, 5.41) is 0. The number of rotatable bonds is 50. The van der Waals surface area contributed by atoms with Crippen molar-refractivity contribution in [3.8, 4) is 0 Å². The van der Waals surface area contributed by atoms with E-state index in [4.69, 9.17) is 33.2 Å². The van der Waals surface area contributed by atoms with Gasteiger partial charge in [0.1, 0.15) is 0 Å². The van der Waals surface area contributed by atoms with Crippen LogP contribution in [0.5, 0.6) is 0 Å². The second kappa shape index (κ2) is 39.6. The van der Waals surface area contributed by atoms with E-state index in [9.17, 15) is 14.4 Å². The number of hydrogen-bond donors (Lipinski definition) is 0. The third-order valence-corrected chi connectivity index (χ3v) is 17.0. The van der Waals surface area contributed by atoms with E-state index < -0.39 is 0 Å². The van der Waals surface area contributed by atoms with Gasteiger partial charge in [-0.3, -0.25) is 14.4 Å². The van der Waals surface area contributed by atoms with Crippen molar-refractivity contribution in [1.29, 1.82) is 0 Å². The summed E-state index contributed by atoms with van der Waals surface area (Å²) in [6.45, 7) is 22.2. The Morgan fingerprint density at radius 3 is 1.23 bits per heavy atom. The predicted octanol–water partition coefficient (Wildman–Crippen LogP) is 15.7. The summed E-state index contributed by atoms with van der Waals surface area (Å²) in [6.07, 6.45) is 35.1. The molecule has 4 bridgehead atoms. The topological polar surface area (TPSA) is 119 Å². The molecule has 11 heteroatoms. The molecule has 73 heavy (non-hydrogen) atoms. The lowest BCUT2D eigenvalue weighted by molar-refractivity contribution is -0.198. The summed E-state index contributed by atoms with van der Waals surface area (Å²) in [6, 6.07) is 0. The third-order valence-electron chi connectivity index (χ3n) is 17.0. The van der Waals surface area contributed by atoms with Crippen LogP contribution in [0.25, 0.3) is 0 Å². The molecule has 4 aliphatic rings. The van der Waals surface area contributed by atoms with Crippen molar-refractivity contribution < 1.29 is 47.5 Å². The molecule has 0 aliphatic heterocycles. The average molecular weight is 1030 g/mol. The van der Waals surface area contributed by atoms with Crippen LogP contribution in [-0.4, -0.2) is 101 Å². The molecule has 5 atom stereocenters. The maximum absolute atomic E-state index is 14.2. The largest absolute Gasteiger partial charge is 0.466 e. The minimum atomic E-state index is -0.284. The molecule has 0 heterocycles. The molecule has 0 aromatic carbocycles. The molecule has 11 nitrogen and oxygen atoms in total. The van der Waals surface area contributed by atoms with E-state index in [0.29, 0.717) is 90.7 Å². The van der Waals surface area contributed by atoms with Crippen molar-refractivity contribution in [2.45, 2.75) is 286 Å². The summed E-state index contributed by atoms with van der Waals surface area (Å²) >= 11 is 0. The maximum Gasteiger partial charge on any atom is 0.309 e. The minimum Gasteiger partial charge on any atom is -0.466 e. The van der Waals surface area contributed by atoms with Crippen LogP contribution in [0.1, 0.15) is 273 Å². The van der Waals surface area contributed by atoms with Gasteiger partial charge in [-0.25, -0.2) is 0 Å². The summed E-state index contributed by atoms with van der Waals surface area (Å²) in [5.74, 6) is -0.228. The standard InChI is InChI=1S/C62H115NO10/c1-8-14-18-22-26-40-69-57(70-41-27-23-19-15-9-2)33-30-44-67-55(64)35-37-60-47-54-48-61(50-60,38-36-56(65)68-46-32-39-63(12-5)13-6)52-62(49-54,51-60)53(7)59(66)73-45-31-34-58(71-42-28-24-20-16-10-3)72-43-29-25-21-17-11-4/h53-54,57-58H,8-52H2,1-7H3. The van der Waals surface area contributed by atoms with E-state index in [-0.39, 0.29) is 52.7 Å². The fourth-order valence-electron chi connectivity index (χ4n) is 13.2. The molecule has 5 unspecified atom stereocenters. The molecular formula is C62H115NO10. The van der Waals surface area contributed by atoms with E-state index in [1.807, 2.05) is 0 Å². The van der Waals surface area contributed by atoms with Gasteiger partial charge in [-0.05, 0) is 132 Å². The van der Waals surface area contributed by atoms with Crippen LogP contribution < -0.4 is 0 Å². The minimum absolute atomic E-state index is 0.0753. The molecule has 0 N–H and O–H groups in total. The van der Waals surface area contributed by atoms with Gasteiger partial charge in [0, 0.05) is 58.7 Å². The number of carbonyl (C=O) groups excluding carboxylic acids is 3. The molecule has 0 aromatic heterocycles. The number of carbonyl (C=O) groups is 3. The first-order valence-corrected chi connectivity index (χ1v) is 31.2. The second-order valence-electron chi connectivity index (χ2n) is 23.4. The Morgan fingerprint density at radius 2 is 0.836 bits per heavy atom. The van der Waals surface area contributed by atoms with Gasteiger partial charge in [0.05, 0.1) is 25.7 Å². The molecule has 428 valence electrons. The quantitative estimate of drug-likeness (QED) is 0.0251. The van der Waals surface area contributed by atoms with Crippen LogP contribution >= 0.6 is 0 Å². The zero-order chi connectivity index (χ0) is 52.9. The Bertz CT molecular complexity index is 1380. The SMILES string of the molecule is CCCCCCCOC(CCCOC(=O)CCC12CC3CC(CCC(=O)OCCCN(CC)CC)(C1)CC(C(C)C(=O)OCCCC(OCCCCCCC)OCCCCCCC)(C3)C2)OCCCCCCC. The lowest BCUT2D eigenvalue weighted by Gasteiger charge is -2.68. The molecule has 0 saturated heterocycles. The van der Waals surface area contributed by atoms with Gasteiger partial charge in [-0.15, -0.1) is 0 Å². The fourth-order valence-corrected chi connectivity index (χ4v) is 13.2. The molecule has 0 aromatic rings. The first-order valence-electron chi connectivity index (χ1n) is 31.2. The van der Waals surface area contributed by atoms with E-state index in [0.717, 1.165) is 103 Å². The maximum atomic E-state index is 14.2. The van der Waals surface area contributed by atoms with Gasteiger partial charge in [-0.1, -0.05) is 151 Å². The van der Waals surface area contributed by atoms with Crippen molar-refractivity contribution >= 4 is 17.9 Å². The first kappa shape index (κ1) is 65.5. The Kier molecular flexibility index (Phi) is 35.5. The molecule has 4 fully saturated rings. The zero-order valence-electron chi connectivity index (χ0n) is 48.7. The van der Waals surface area contributed by atoms with E-state index in [2.05, 4.69) is 53.4 Å². The predicted molar refractivity (Wildman–Crippen MR) is 296 cm³/mol. The van der Waals surface area contributed by atoms with E-state index in [1.165, 1.54) is 103 Å². The Balaban J connectivity index is 1.62. The highest BCUT2D eigenvalue weighted by atomic mass is 16.7. The first-order chi connectivity index (χ1) is 35.5. The summed E-state index contributed by atoms with van der Waals surface area (Å²) in [7, 11) is 0. The lowest BCUT2D eigenvalue weighted by Crippen LogP contribution is -2.59. The van der Waals surface area contributed by atoms with Crippen LogP contribution in [0.4, 0.5) is 0 Å². The smallest absolute Gasteiger partial charge is 0.309 e. The van der Waals surface area contributed by atoms with E-state index >= 15 is 0 Å². The van der Waals surface area contributed by atoms with Gasteiger partial charge in [0.25, 0.3) is 0 Å². The number of ether oxygens (including phenoxy) is 7. The van der Waals surface area contributed by atoms with Crippen molar-refractivity contribution in [2.75, 3.05) is 65.9 Å². The summed E-state index contributed by atoms with van der Waals surface area (Å²) in [5.41, 5.74) is -0.399. The lowest BCUT2D eigenvalue weighted by atomic mass is 9.36. The van der Waals surface area contributed by atoms with E-state index in [1.54, 1.807) is 0 Å². The van der Waals surface area contributed by atoms with Crippen LogP contribution in [0, 0.1) is 28.1 Å². The van der Waals surface area contributed by atoms with Crippen molar-refractivity contribution in [3.05, 3.63) is 0 Å². The third kappa shape index (κ3) is 26.9. The van der Waals surface area contributed by atoms with Gasteiger partial charge >= 0.3 is 17.9 Å². The highest BCUT2D eigenvalue weighted by Crippen LogP contribution is 2.73. The van der Waals surface area contributed by atoms with Crippen molar-refractivity contribution in [2.24, 2.45) is 28.1 Å². The highest BCUT2D eigenvalue weighted by molar-refractivity contribution is 5.73. The molecule has 0 spiro atoms. The second-order valence-corrected chi connectivity index (χ2v) is 23.4. The van der Waals surface area contributed by atoms with Gasteiger partial charge in [0.2, 0.25) is 0 Å². The Labute approximate surface area is 448 Å². The number of nitrogens with zero attached hydrogens (tertiary/aromatic N) is 1. The summed E-state index contributed by atoms with van der Waals surface area (Å²) in [4.78, 5) is 43.5. The van der Waals surface area contributed by atoms with Crippen LogP contribution in [0.2, 0.25) is 0 Å². The normalized spacial score (nSPS) is 21.7. The number of esters is 3.